The average molecular weight is 418 g/mol. The van der Waals surface area contributed by atoms with Gasteiger partial charge in [-0.1, -0.05) is 11.6 Å². The fraction of sp³-hybridized carbons (Fsp3) is 0.318. The summed E-state index contributed by atoms with van der Waals surface area (Å²) < 4.78 is 22.0. The quantitative estimate of drug-likeness (QED) is 0.659. The minimum absolute atomic E-state index is 0.134. The third-order valence-electron chi connectivity index (χ3n) is 4.47. The summed E-state index contributed by atoms with van der Waals surface area (Å²) in [6.07, 6.45) is 4.11. The summed E-state index contributed by atoms with van der Waals surface area (Å²) in [6.45, 7) is 4.48. The van der Waals surface area contributed by atoms with Crippen LogP contribution in [0.15, 0.2) is 30.3 Å². The number of ether oxygens (including phenoxy) is 4. The first kappa shape index (κ1) is 20.9. The van der Waals surface area contributed by atoms with E-state index in [4.69, 9.17) is 30.5 Å². The fourth-order valence-corrected chi connectivity index (χ4v) is 3.39. The minimum Gasteiger partial charge on any atom is -0.495 e. The van der Waals surface area contributed by atoms with E-state index in [-0.39, 0.29) is 12.0 Å². The van der Waals surface area contributed by atoms with Crippen molar-refractivity contribution in [3.8, 4) is 23.0 Å². The first-order chi connectivity index (χ1) is 13.9. The van der Waals surface area contributed by atoms with Gasteiger partial charge in [0.25, 0.3) is 0 Å². The lowest BCUT2D eigenvalue weighted by Crippen LogP contribution is -2.09. The van der Waals surface area contributed by atoms with Gasteiger partial charge in [0, 0.05) is 35.8 Å². The lowest BCUT2D eigenvalue weighted by atomic mass is 10.1. The van der Waals surface area contributed by atoms with Crippen molar-refractivity contribution < 1.29 is 23.7 Å². The minimum atomic E-state index is -0.329. The molecule has 0 spiro atoms. The Morgan fingerprint density at radius 3 is 2.66 bits per heavy atom. The molecule has 154 valence electrons. The number of benzene rings is 2. The zero-order chi connectivity index (χ0) is 21.0. The number of carbonyl (C=O) groups excluding carboxylic acids is 1. The molecule has 1 aliphatic heterocycles. The van der Waals surface area contributed by atoms with Crippen LogP contribution in [-0.4, -0.2) is 32.8 Å². The van der Waals surface area contributed by atoms with Crippen LogP contribution in [0.3, 0.4) is 0 Å². The highest BCUT2D eigenvalue weighted by Crippen LogP contribution is 2.37. The molecular weight excluding hydrogens is 394 g/mol. The Bertz CT molecular complexity index is 941. The maximum atomic E-state index is 12.5. The van der Waals surface area contributed by atoms with Gasteiger partial charge in [0.1, 0.15) is 29.1 Å². The number of amides is 1. The van der Waals surface area contributed by atoms with Crippen LogP contribution in [0.5, 0.6) is 23.0 Å². The first-order valence-corrected chi connectivity index (χ1v) is 9.69. The van der Waals surface area contributed by atoms with E-state index < -0.39 is 0 Å². The highest BCUT2D eigenvalue weighted by atomic mass is 35.5. The van der Waals surface area contributed by atoms with Crippen molar-refractivity contribution in [3.63, 3.8) is 0 Å². The summed E-state index contributed by atoms with van der Waals surface area (Å²) in [5.74, 6) is 2.09. The normalized spacial score (nSPS) is 15.0. The van der Waals surface area contributed by atoms with E-state index >= 15 is 0 Å². The van der Waals surface area contributed by atoms with Gasteiger partial charge in [-0.15, -0.1) is 0 Å². The highest BCUT2D eigenvalue weighted by molar-refractivity contribution is 6.32. The van der Waals surface area contributed by atoms with Crippen molar-refractivity contribution in [2.24, 2.45) is 0 Å². The number of rotatable bonds is 7. The van der Waals surface area contributed by atoms with Crippen LogP contribution in [0.1, 0.15) is 25.0 Å². The smallest absolute Gasteiger partial charge is 0.248 e. The Morgan fingerprint density at radius 1 is 1.21 bits per heavy atom. The van der Waals surface area contributed by atoms with Crippen LogP contribution in [0.2, 0.25) is 5.02 Å². The molecule has 1 aliphatic rings. The van der Waals surface area contributed by atoms with Gasteiger partial charge in [0.2, 0.25) is 5.91 Å². The monoisotopic (exact) mass is 417 g/mol. The molecule has 1 atom stereocenters. The Kier molecular flexibility index (Phi) is 6.54. The second kappa shape index (κ2) is 9.09. The number of hydrogen-bond acceptors (Lipinski definition) is 5. The molecular formula is C22H24ClNO5. The predicted molar refractivity (Wildman–Crippen MR) is 114 cm³/mol. The molecule has 0 bridgehead atoms. The number of anilines is 1. The van der Waals surface area contributed by atoms with Gasteiger partial charge in [-0.05, 0) is 32.1 Å². The molecule has 0 aliphatic carbocycles. The molecule has 2 aromatic rings. The number of halogens is 1. The molecule has 29 heavy (non-hydrogen) atoms. The molecule has 0 saturated heterocycles. The summed E-state index contributed by atoms with van der Waals surface area (Å²) in [5.41, 5.74) is 2.34. The van der Waals surface area contributed by atoms with E-state index in [9.17, 15) is 4.79 Å². The number of methoxy groups -OCH3 is 2. The summed E-state index contributed by atoms with van der Waals surface area (Å²) >= 11 is 6.10. The number of carbonyl (C=O) groups is 1. The van der Waals surface area contributed by atoms with Crippen LogP contribution in [0, 0.1) is 0 Å². The number of nitrogens with one attached hydrogen (secondary N) is 1. The largest absolute Gasteiger partial charge is 0.495 e. The fourth-order valence-electron chi connectivity index (χ4n) is 3.16. The van der Waals surface area contributed by atoms with Gasteiger partial charge in [-0.3, -0.25) is 4.79 Å². The van der Waals surface area contributed by atoms with E-state index in [1.165, 1.54) is 20.3 Å². The van der Waals surface area contributed by atoms with E-state index in [0.717, 1.165) is 29.0 Å². The maximum Gasteiger partial charge on any atom is 0.248 e. The van der Waals surface area contributed by atoms with Gasteiger partial charge >= 0.3 is 0 Å². The molecule has 0 fully saturated rings. The van der Waals surface area contributed by atoms with Crippen molar-refractivity contribution in [2.45, 2.75) is 26.4 Å². The summed E-state index contributed by atoms with van der Waals surface area (Å²) in [4.78, 5) is 12.5. The van der Waals surface area contributed by atoms with Gasteiger partial charge < -0.3 is 24.3 Å². The molecule has 1 amide bonds. The van der Waals surface area contributed by atoms with Crippen LogP contribution in [0.25, 0.3) is 6.08 Å². The zero-order valence-electron chi connectivity index (χ0n) is 16.9. The Balaban J connectivity index is 1.82. The van der Waals surface area contributed by atoms with Crippen molar-refractivity contribution in [2.75, 3.05) is 26.1 Å². The van der Waals surface area contributed by atoms with Crippen molar-refractivity contribution in [3.05, 3.63) is 46.5 Å². The van der Waals surface area contributed by atoms with Gasteiger partial charge in [-0.25, -0.2) is 0 Å². The molecule has 0 saturated carbocycles. The summed E-state index contributed by atoms with van der Waals surface area (Å²) in [7, 11) is 3.01. The van der Waals surface area contributed by atoms with E-state index in [0.29, 0.717) is 28.8 Å². The molecule has 6 nitrogen and oxygen atoms in total. The summed E-state index contributed by atoms with van der Waals surface area (Å²) in [5, 5.41) is 3.18. The van der Waals surface area contributed by atoms with Crippen molar-refractivity contribution in [1.82, 2.24) is 0 Å². The first-order valence-electron chi connectivity index (χ1n) is 9.32. The maximum absolute atomic E-state index is 12.5. The van der Waals surface area contributed by atoms with E-state index in [1.807, 2.05) is 26.0 Å². The van der Waals surface area contributed by atoms with Crippen LogP contribution in [0.4, 0.5) is 5.69 Å². The van der Waals surface area contributed by atoms with Gasteiger partial charge in [-0.2, -0.15) is 0 Å². The van der Waals surface area contributed by atoms with Gasteiger partial charge in [0.15, 0.2) is 0 Å². The Morgan fingerprint density at radius 2 is 1.97 bits per heavy atom. The Labute approximate surface area is 175 Å². The predicted octanol–water partition coefficient (Wildman–Crippen LogP) is 4.73. The third kappa shape index (κ3) is 4.77. The third-order valence-corrected chi connectivity index (χ3v) is 4.77. The highest BCUT2D eigenvalue weighted by Gasteiger charge is 2.21. The standard InChI is InChI=1S/C22H24ClNO5/c1-5-28-18-10-15-8-13(2)29-19(15)9-14(18)6-7-22(25)24-17-12-20(26-3)16(23)11-21(17)27-4/h6-7,9-13H,5,8H2,1-4H3,(H,24,25)/b7-6+. The lowest BCUT2D eigenvalue weighted by molar-refractivity contribution is -0.111. The molecule has 2 aromatic carbocycles. The SMILES string of the molecule is CCOc1cc2c(cc1/C=C/C(=O)Nc1cc(OC)c(Cl)cc1OC)OC(C)C2. The molecule has 1 heterocycles. The second-order valence-electron chi connectivity index (χ2n) is 6.57. The summed E-state index contributed by atoms with van der Waals surface area (Å²) in [6, 6.07) is 7.08. The topological polar surface area (TPSA) is 66.0 Å². The molecule has 1 N–H and O–H groups in total. The van der Waals surface area contributed by atoms with Crippen molar-refractivity contribution >= 4 is 29.3 Å². The van der Waals surface area contributed by atoms with E-state index in [2.05, 4.69) is 5.32 Å². The molecule has 7 heteroatoms. The number of hydrogen-bond donors (Lipinski definition) is 1. The molecule has 0 aromatic heterocycles. The van der Waals surface area contributed by atoms with Crippen molar-refractivity contribution in [1.29, 1.82) is 0 Å². The van der Waals surface area contributed by atoms with Crippen LogP contribution >= 0.6 is 11.6 Å². The molecule has 0 radical (unpaired) electrons. The zero-order valence-corrected chi connectivity index (χ0v) is 17.6. The Hall–Kier alpha value is -2.86. The lowest BCUT2D eigenvalue weighted by Gasteiger charge is -2.12. The van der Waals surface area contributed by atoms with E-state index in [1.54, 1.807) is 18.2 Å². The number of fused-ring (bicyclic) bond motifs is 1. The molecule has 1 unspecified atom stereocenters. The molecule has 3 rings (SSSR count). The van der Waals surface area contributed by atoms with Crippen LogP contribution < -0.4 is 24.3 Å². The van der Waals surface area contributed by atoms with Gasteiger partial charge in [0.05, 0.1) is 31.5 Å². The second-order valence-corrected chi connectivity index (χ2v) is 6.98. The van der Waals surface area contributed by atoms with Crippen LogP contribution in [-0.2, 0) is 11.2 Å². The average Bonchev–Trinajstić information content (AvgIpc) is 3.06.